The number of hydrogen-bond donors (Lipinski definition) is 3. The number of benzene rings is 1. The number of nitrogens with zero attached hydrogens (tertiary/aromatic N) is 4. The second kappa shape index (κ2) is 13.5. The minimum atomic E-state index is -3.90. The minimum absolute atomic E-state index is 0.00781. The molecule has 0 spiro atoms. The van der Waals surface area contributed by atoms with Crippen molar-refractivity contribution in [3.8, 4) is 11.6 Å². The van der Waals surface area contributed by atoms with Crippen LogP contribution in [-0.2, 0) is 24.4 Å². The Morgan fingerprint density at radius 3 is 2.49 bits per heavy atom. The Bertz CT molecular complexity index is 1980. The van der Waals surface area contributed by atoms with Gasteiger partial charge < -0.3 is 25.0 Å². The summed E-state index contributed by atoms with van der Waals surface area (Å²) in [6.07, 6.45) is 7.46. The quantitative estimate of drug-likeness (QED) is 0.231. The van der Waals surface area contributed by atoms with Crippen molar-refractivity contribution in [2.75, 3.05) is 13.7 Å². The maximum absolute atomic E-state index is 14.5. The highest BCUT2D eigenvalue weighted by molar-refractivity contribution is 7.91. The van der Waals surface area contributed by atoms with Crippen LogP contribution in [0.25, 0.3) is 10.8 Å². The molecule has 270 valence electrons. The molecule has 2 aliphatic carbocycles. The standard InChI is InChI=1S/C35H41N7O8S/c1-6-21-17-35(21,33(46)41-51(47,48)24-8-9-24)40-30(44)27-16-23(50-31-25-10-7-22(49-5)15-20(25)11-12-38-31)19-42(27)32(45)28(34(2,3)4)39-29(43)26-18-36-13-14-37-26/h6-7,10-15,18,21,23-24,27-28H,1,8-9,16-17,19H2,2-5H3,(H,39,43)(H,40,44)(H,41,46)/t21-,23?,27+,28-,35-/m1/s1. The number of methoxy groups -OCH3 is 1. The summed E-state index contributed by atoms with van der Waals surface area (Å²) >= 11 is 0. The summed E-state index contributed by atoms with van der Waals surface area (Å²) in [6, 6.07) is 4.93. The summed E-state index contributed by atoms with van der Waals surface area (Å²) in [6.45, 7) is 9.03. The maximum Gasteiger partial charge on any atom is 0.272 e. The lowest BCUT2D eigenvalue weighted by Crippen LogP contribution is -2.60. The second-order valence-corrected chi connectivity index (χ2v) is 16.2. The van der Waals surface area contributed by atoms with Gasteiger partial charge in [0, 0.05) is 36.3 Å². The first-order valence-electron chi connectivity index (χ1n) is 16.6. The first kappa shape index (κ1) is 35.7. The molecular formula is C35H41N7O8S. The number of fused-ring (bicyclic) bond motifs is 1. The molecule has 1 saturated heterocycles. The normalized spacial score (nSPS) is 23.5. The third-order valence-electron chi connectivity index (χ3n) is 9.49. The van der Waals surface area contributed by atoms with E-state index in [1.165, 1.54) is 29.6 Å². The van der Waals surface area contributed by atoms with Crippen molar-refractivity contribution in [1.82, 2.24) is 35.2 Å². The lowest BCUT2D eigenvalue weighted by Gasteiger charge is -2.35. The average Bonchev–Trinajstić information content (AvgIpc) is 4.03. The largest absolute Gasteiger partial charge is 0.497 e. The molecule has 16 heteroatoms. The molecule has 4 amide bonds. The topological polar surface area (TPSA) is 199 Å². The van der Waals surface area contributed by atoms with Crippen molar-refractivity contribution in [2.24, 2.45) is 11.3 Å². The van der Waals surface area contributed by atoms with E-state index < -0.39 is 74.0 Å². The number of carbonyl (C=O) groups excluding carboxylic acids is 4. The van der Waals surface area contributed by atoms with E-state index in [1.807, 2.05) is 6.07 Å². The van der Waals surface area contributed by atoms with Gasteiger partial charge in [-0.2, -0.15) is 0 Å². The van der Waals surface area contributed by atoms with E-state index in [-0.39, 0.29) is 31.0 Å². The molecule has 3 aromatic rings. The highest BCUT2D eigenvalue weighted by Gasteiger charge is 2.62. The third-order valence-corrected chi connectivity index (χ3v) is 11.3. The number of aromatic nitrogens is 3. The number of rotatable bonds is 12. The summed E-state index contributed by atoms with van der Waals surface area (Å²) in [4.78, 5) is 69.1. The molecule has 3 heterocycles. The molecule has 2 aromatic heterocycles. The predicted molar refractivity (Wildman–Crippen MR) is 185 cm³/mol. The van der Waals surface area contributed by atoms with Gasteiger partial charge in [-0.25, -0.2) is 18.4 Å². The highest BCUT2D eigenvalue weighted by Crippen LogP contribution is 2.45. The summed E-state index contributed by atoms with van der Waals surface area (Å²) in [7, 11) is -2.34. The van der Waals surface area contributed by atoms with E-state index in [1.54, 1.807) is 52.3 Å². The zero-order valence-electron chi connectivity index (χ0n) is 28.8. The van der Waals surface area contributed by atoms with Crippen molar-refractivity contribution in [1.29, 1.82) is 0 Å². The Hall–Kier alpha value is -5.12. The van der Waals surface area contributed by atoms with Crippen LogP contribution in [0.5, 0.6) is 11.6 Å². The van der Waals surface area contributed by atoms with E-state index in [4.69, 9.17) is 9.47 Å². The van der Waals surface area contributed by atoms with Crippen LogP contribution in [0.3, 0.4) is 0 Å². The number of likely N-dealkylation sites (tertiary alicyclic amines) is 1. The van der Waals surface area contributed by atoms with Crippen molar-refractivity contribution < 1.29 is 37.1 Å². The van der Waals surface area contributed by atoms with Crippen molar-refractivity contribution in [2.45, 2.75) is 75.4 Å². The molecule has 6 rings (SSSR count). The second-order valence-electron chi connectivity index (χ2n) is 14.2. The molecule has 15 nitrogen and oxygen atoms in total. The van der Waals surface area contributed by atoms with Crippen LogP contribution in [0, 0.1) is 11.3 Å². The molecule has 51 heavy (non-hydrogen) atoms. The van der Waals surface area contributed by atoms with Crippen molar-refractivity contribution in [3.05, 3.63) is 67.4 Å². The van der Waals surface area contributed by atoms with E-state index in [0.29, 0.717) is 24.0 Å². The van der Waals surface area contributed by atoms with Gasteiger partial charge in [-0.15, -0.1) is 6.58 Å². The van der Waals surface area contributed by atoms with Gasteiger partial charge in [0.2, 0.25) is 27.7 Å². The molecule has 0 bridgehead atoms. The fourth-order valence-electron chi connectivity index (χ4n) is 6.34. The van der Waals surface area contributed by atoms with E-state index >= 15 is 0 Å². The van der Waals surface area contributed by atoms with E-state index in [9.17, 15) is 27.6 Å². The molecule has 1 aromatic carbocycles. The molecule has 5 atom stereocenters. The first-order valence-corrected chi connectivity index (χ1v) is 18.2. The molecule has 2 saturated carbocycles. The van der Waals surface area contributed by atoms with Crippen LogP contribution < -0.4 is 24.8 Å². The zero-order chi connectivity index (χ0) is 36.7. The Kier molecular flexibility index (Phi) is 9.48. The Labute approximate surface area is 295 Å². The van der Waals surface area contributed by atoms with Crippen LogP contribution >= 0.6 is 0 Å². The van der Waals surface area contributed by atoms with Crippen molar-refractivity contribution >= 4 is 44.4 Å². The van der Waals surface area contributed by atoms with Gasteiger partial charge in [-0.3, -0.25) is 28.9 Å². The number of sulfonamides is 1. The lowest BCUT2D eigenvalue weighted by molar-refractivity contribution is -0.142. The molecule has 3 N–H and O–H groups in total. The van der Waals surface area contributed by atoms with Crippen LogP contribution in [0.4, 0.5) is 0 Å². The van der Waals surface area contributed by atoms with Gasteiger partial charge in [0.15, 0.2) is 0 Å². The summed E-state index contributed by atoms with van der Waals surface area (Å²) in [5.41, 5.74) is -2.38. The number of nitrogens with one attached hydrogen (secondary N) is 3. The number of amides is 4. The van der Waals surface area contributed by atoms with Gasteiger partial charge in [-0.1, -0.05) is 26.8 Å². The molecule has 1 unspecified atom stereocenters. The van der Waals surface area contributed by atoms with Gasteiger partial charge in [0.25, 0.3) is 11.8 Å². The monoisotopic (exact) mass is 719 g/mol. The minimum Gasteiger partial charge on any atom is -0.497 e. The molecule has 0 radical (unpaired) electrons. The van der Waals surface area contributed by atoms with Crippen molar-refractivity contribution in [3.63, 3.8) is 0 Å². The first-order chi connectivity index (χ1) is 24.2. The molecule has 3 aliphatic rings. The lowest BCUT2D eigenvalue weighted by atomic mass is 9.85. The molecule has 3 fully saturated rings. The summed E-state index contributed by atoms with van der Waals surface area (Å²) < 4.78 is 39.2. The smallest absolute Gasteiger partial charge is 0.272 e. The van der Waals surface area contributed by atoms with E-state index in [0.717, 1.165) is 5.39 Å². The number of ether oxygens (including phenoxy) is 2. The van der Waals surface area contributed by atoms with E-state index in [2.05, 4.69) is 36.9 Å². The fraction of sp³-hybridized carbons (Fsp3) is 0.457. The number of pyridine rings is 1. The average molecular weight is 720 g/mol. The van der Waals surface area contributed by atoms with Crippen LogP contribution in [0.2, 0.25) is 0 Å². The van der Waals surface area contributed by atoms with Gasteiger partial charge in [0.05, 0.1) is 25.1 Å². The predicted octanol–water partition coefficient (Wildman–Crippen LogP) is 1.90. The highest BCUT2D eigenvalue weighted by atomic mass is 32.2. The number of hydrogen-bond acceptors (Lipinski definition) is 11. The third kappa shape index (κ3) is 7.36. The summed E-state index contributed by atoms with van der Waals surface area (Å²) in [5.74, 6) is -2.32. The van der Waals surface area contributed by atoms with Gasteiger partial charge in [-0.05, 0) is 54.3 Å². The number of carbonyl (C=O) groups is 4. The molecular weight excluding hydrogens is 678 g/mol. The fourth-order valence-corrected chi connectivity index (χ4v) is 7.70. The summed E-state index contributed by atoms with van der Waals surface area (Å²) in [5, 5.41) is 6.39. The van der Waals surface area contributed by atoms with Gasteiger partial charge >= 0.3 is 0 Å². The SMILES string of the molecule is C=C[C@@H]1C[C@]1(NC(=O)[C@@H]1CC(Oc2nccc3cc(OC)ccc23)CN1C(=O)[C@@H](NC(=O)c1cnccn1)C(C)(C)C)C(=O)NS(=O)(=O)C1CC1. The van der Waals surface area contributed by atoms with Crippen LogP contribution in [-0.4, -0.2) is 94.5 Å². The van der Waals surface area contributed by atoms with Crippen LogP contribution in [0.15, 0.2) is 61.7 Å². The Balaban J connectivity index is 1.30. The zero-order valence-corrected chi connectivity index (χ0v) is 29.6. The molecule has 1 aliphatic heterocycles. The Morgan fingerprint density at radius 2 is 1.86 bits per heavy atom. The Morgan fingerprint density at radius 1 is 1.10 bits per heavy atom. The van der Waals surface area contributed by atoms with Crippen LogP contribution in [0.1, 0.15) is 56.9 Å². The van der Waals surface area contributed by atoms with Gasteiger partial charge in [0.1, 0.15) is 35.2 Å². The maximum atomic E-state index is 14.5.